The molecule has 0 radical (unpaired) electrons. The lowest BCUT2D eigenvalue weighted by Gasteiger charge is -2.18. The molecule has 1 aliphatic heterocycles. The van der Waals surface area contributed by atoms with Gasteiger partial charge in [0.2, 0.25) is 0 Å². The van der Waals surface area contributed by atoms with E-state index < -0.39 is 5.97 Å². The molecule has 1 heterocycles. The number of carbonyl (C=O) groups is 2. The van der Waals surface area contributed by atoms with Gasteiger partial charge in [-0.1, -0.05) is 0 Å². The monoisotopic (exact) mass is 292 g/mol. The molecule has 2 rings (SSSR count). The molecule has 7 nitrogen and oxygen atoms in total. The molecule has 1 fully saturated rings. The van der Waals surface area contributed by atoms with E-state index in [2.05, 4.69) is 5.32 Å². The van der Waals surface area contributed by atoms with E-state index in [0.717, 1.165) is 5.69 Å². The van der Waals surface area contributed by atoms with E-state index in [0.29, 0.717) is 30.9 Å². The maximum absolute atomic E-state index is 12.2. The molecule has 0 spiro atoms. The first-order valence-corrected chi connectivity index (χ1v) is 6.76. The Balaban J connectivity index is 1.96. The molecule has 1 aliphatic rings. The molecule has 0 aliphatic carbocycles. The minimum atomic E-state index is -0.439. The van der Waals surface area contributed by atoms with Crippen molar-refractivity contribution >= 4 is 23.4 Å². The van der Waals surface area contributed by atoms with E-state index in [9.17, 15) is 9.59 Å². The minimum Gasteiger partial charge on any atom is -0.460 e. The third-order valence-corrected chi connectivity index (χ3v) is 3.26. The summed E-state index contributed by atoms with van der Waals surface area (Å²) in [6.07, 6.45) is 0. The van der Waals surface area contributed by atoms with E-state index in [4.69, 9.17) is 10.5 Å². The standard InChI is InChI=1S/C14H20N4O3/c1-17(2)12-4-3-10(15)9-11(12)13(19)21-8-7-18-6-5-16-14(18)20/h3-4,9H,5-8,15H2,1-2H3,(H,16,20). The third-order valence-electron chi connectivity index (χ3n) is 3.26. The molecule has 3 N–H and O–H groups in total. The molecule has 0 unspecified atom stereocenters. The summed E-state index contributed by atoms with van der Waals surface area (Å²) in [5, 5.41) is 2.69. The van der Waals surface area contributed by atoms with Crippen molar-refractivity contribution in [2.75, 3.05) is 51.0 Å². The van der Waals surface area contributed by atoms with Gasteiger partial charge in [0.15, 0.2) is 0 Å². The van der Waals surface area contributed by atoms with Crippen LogP contribution in [0.1, 0.15) is 10.4 Å². The fourth-order valence-electron chi connectivity index (χ4n) is 2.16. The summed E-state index contributed by atoms with van der Waals surface area (Å²) in [7, 11) is 3.69. The second-order valence-electron chi connectivity index (χ2n) is 5.03. The zero-order valence-corrected chi connectivity index (χ0v) is 12.3. The number of rotatable bonds is 5. The van der Waals surface area contributed by atoms with E-state index in [1.165, 1.54) is 0 Å². The fraction of sp³-hybridized carbons (Fsp3) is 0.429. The number of nitrogens with one attached hydrogen (secondary N) is 1. The normalized spacial score (nSPS) is 14.0. The van der Waals surface area contributed by atoms with Crippen molar-refractivity contribution in [1.29, 1.82) is 0 Å². The summed E-state index contributed by atoms with van der Waals surface area (Å²) in [4.78, 5) is 26.9. The first-order valence-electron chi connectivity index (χ1n) is 6.76. The maximum Gasteiger partial charge on any atom is 0.340 e. The number of amides is 2. The summed E-state index contributed by atoms with van der Waals surface area (Å²) in [5.41, 5.74) is 7.40. The Bertz CT molecular complexity index is 545. The van der Waals surface area contributed by atoms with Gasteiger partial charge in [0.25, 0.3) is 0 Å². The molecule has 0 aromatic heterocycles. The highest BCUT2D eigenvalue weighted by atomic mass is 16.5. The number of benzene rings is 1. The number of urea groups is 1. The van der Waals surface area contributed by atoms with Gasteiger partial charge in [0, 0.05) is 32.9 Å². The van der Waals surface area contributed by atoms with Crippen LogP contribution in [0.2, 0.25) is 0 Å². The van der Waals surface area contributed by atoms with Gasteiger partial charge in [-0.15, -0.1) is 0 Å². The number of esters is 1. The molecule has 7 heteroatoms. The average Bonchev–Trinajstić information content (AvgIpc) is 2.84. The number of carbonyl (C=O) groups excluding carboxylic acids is 2. The molecule has 0 saturated carbocycles. The number of nitrogen functional groups attached to an aromatic ring is 1. The molecular formula is C14H20N4O3. The zero-order chi connectivity index (χ0) is 15.4. The van der Waals surface area contributed by atoms with Crippen LogP contribution < -0.4 is 16.0 Å². The fourth-order valence-corrected chi connectivity index (χ4v) is 2.16. The van der Waals surface area contributed by atoms with Crippen LogP contribution in [0.3, 0.4) is 0 Å². The van der Waals surface area contributed by atoms with Crippen LogP contribution in [0.4, 0.5) is 16.2 Å². The van der Waals surface area contributed by atoms with Crippen LogP contribution >= 0.6 is 0 Å². The SMILES string of the molecule is CN(C)c1ccc(N)cc1C(=O)OCCN1CCNC1=O. The Hall–Kier alpha value is -2.44. The molecule has 1 aromatic rings. The lowest BCUT2D eigenvalue weighted by Crippen LogP contribution is -2.31. The summed E-state index contributed by atoms with van der Waals surface area (Å²) in [6, 6.07) is 4.99. The number of anilines is 2. The Morgan fingerprint density at radius 2 is 2.24 bits per heavy atom. The molecule has 0 atom stereocenters. The second kappa shape index (κ2) is 6.34. The van der Waals surface area contributed by atoms with E-state index in [-0.39, 0.29) is 12.6 Å². The van der Waals surface area contributed by atoms with Crippen molar-refractivity contribution < 1.29 is 14.3 Å². The minimum absolute atomic E-state index is 0.121. The Kier molecular flexibility index (Phi) is 4.52. The van der Waals surface area contributed by atoms with Crippen LogP contribution in [0, 0.1) is 0 Å². The number of nitrogens with zero attached hydrogens (tertiary/aromatic N) is 2. The van der Waals surface area contributed by atoms with Gasteiger partial charge in [0.1, 0.15) is 6.61 Å². The van der Waals surface area contributed by atoms with Crippen molar-refractivity contribution in [2.45, 2.75) is 0 Å². The summed E-state index contributed by atoms with van der Waals surface area (Å²) in [5.74, 6) is -0.439. The van der Waals surface area contributed by atoms with Crippen LogP contribution in [0.25, 0.3) is 0 Å². The molecule has 0 bridgehead atoms. The highest BCUT2D eigenvalue weighted by Gasteiger charge is 2.20. The Morgan fingerprint density at radius 3 is 2.86 bits per heavy atom. The highest BCUT2D eigenvalue weighted by molar-refractivity contribution is 5.97. The molecular weight excluding hydrogens is 272 g/mol. The molecule has 1 aromatic carbocycles. The van der Waals surface area contributed by atoms with Gasteiger partial charge >= 0.3 is 12.0 Å². The van der Waals surface area contributed by atoms with Crippen molar-refractivity contribution in [3.63, 3.8) is 0 Å². The summed E-state index contributed by atoms with van der Waals surface area (Å²) < 4.78 is 5.24. The van der Waals surface area contributed by atoms with Crippen LogP contribution in [-0.4, -0.2) is 57.2 Å². The summed E-state index contributed by atoms with van der Waals surface area (Å²) >= 11 is 0. The predicted molar refractivity (Wildman–Crippen MR) is 80.4 cm³/mol. The van der Waals surface area contributed by atoms with E-state index in [1.807, 2.05) is 19.0 Å². The van der Waals surface area contributed by atoms with E-state index >= 15 is 0 Å². The van der Waals surface area contributed by atoms with Gasteiger partial charge in [-0.3, -0.25) is 0 Å². The largest absolute Gasteiger partial charge is 0.460 e. The van der Waals surface area contributed by atoms with Gasteiger partial charge in [-0.2, -0.15) is 0 Å². The molecule has 21 heavy (non-hydrogen) atoms. The summed E-state index contributed by atoms with van der Waals surface area (Å²) in [6.45, 7) is 1.81. The maximum atomic E-state index is 12.2. The topological polar surface area (TPSA) is 87.9 Å². The number of hydrogen-bond acceptors (Lipinski definition) is 5. The van der Waals surface area contributed by atoms with Crippen LogP contribution in [0.15, 0.2) is 18.2 Å². The first-order chi connectivity index (χ1) is 9.99. The molecule has 114 valence electrons. The van der Waals surface area contributed by atoms with Gasteiger partial charge in [0.05, 0.1) is 17.8 Å². The first kappa shape index (κ1) is 15.0. The highest BCUT2D eigenvalue weighted by Crippen LogP contribution is 2.22. The van der Waals surface area contributed by atoms with Crippen LogP contribution in [0.5, 0.6) is 0 Å². The van der Waals surface area contributed by atoms with Gasteiger partial charge in [-0.25, -0.2) is 9.59 Å². The van der Waals surface area contributed by atoms with Gasteiger partial charge in [-0.05, 0) is 18.2 Å². The van der Waals surface area contributed by atoms with Gasteiger partial charge < -0.3 is 25.6 Å². The molecule has 1 saturated heterocycles. The quantitative estimate of drug-likeness (QED) is 0.610. The molecule has 2 amide bonds. The number of hydrogen-bond donors (Lipinski definition) is 2. The van der Waals surface area contributed by atoms with Crippen molar-refractivity contribution in [3.8, 4) is 0 Å². The van der Waals surface area contributed by atoms with Crippen molar-refractivity contribution in [2.24, 2.45) is 0 Å². The zero-order valence-electron chi connectivity index (χ0n) is 12.3. The lowest BCUT2D eigenvalue weighted by molar-refractivity contribution is 0.0482. The Morgan fingerprint density at radius 1 is 1.48 bits per heavy atom. The van der Waals surface area contributed by atoms with Crippen molar-refractivity contribution in [1.82, 2.24) is 10.2 Å². The number of nitrogens with two attached hydrogens (primary N) is 1. The lowest BCUT2D eigenvalue weighted by atomic mass is 10.1. The van der Waals surface area contributed by atoms with Crippen LogP contribution in [-0.2, 0) is 4.74 Å². The smallest absolute Gasteiger partial charge is 0.340 e. The average molecular weight is 292 g/mol. The predicted octanol–water partition coefficient (Wildman–Crippen LogP) is 0.517. The second-order valence-corrected chi connectivity index (χ2v) is 5.03. The van der Waals surface area contributed by atoms with Crippen molar-refractivity contribution in [3.05, 3.63) is 23.8 Å². The number of ether oxygens (including phenoxy) is 1. The van der Waals surface area contributed by atoms with E-state index in [1.54, 1.807) is 23.1 Å². The Labute approximate surface area is 123 Å². The third kappa shape index (κ3) is 3.56.